The van der Waals surface area contributed by atoms with Crippen molar-refractivity contribution in [3.63, 3.8) is 0 Å². The van der Waals surface area contributed by atoms with Crippen LogP contribution in [0.5, 0.6) is 5.75 Å². The summed E-state index contributed by atoms with van der Waals surface area (Å²) >= 11 is 0. The first-order chi connectivity index (χ1) is 12.2. The van der Waals surface area contributed by atoms with Crippen LogP contribution in [-0.4, -0.2) is 18.8 Å². The molecule has 1 N–H and O–H groups in total. The molecule has 2 aromatic carbocycles. The molecule has 0 fully saturated rings. The number of amides is 1. The quantitative estimate of drug-likeness (QED) is 0.713. The maximum atomic E-state index is 11.8. The van der Waals surface area contributed by atoms with Crippen LogP contribution in [0.4, 0.5) is 0 Å². The van der Waals surface area contributed by atoms with Gasteiger partial charge in [-0.05, 0) is 35.8 Å². The molecule has 1 amide bonds. The summed E-state index contributed by atoms with van der Waals surface area (Å²) in [6.07, 6.45) is 4.54. The third-order valence-electron chi connectivity index (χ3n) is 3.75. The SMILES string of the molecule is COc1ccc(CNC(=O)CCC(=O)/C=C/Cc2ccccc2)cc1. The van der Waals surface area contributed by atoms with Gasteiger partial charge in [0.1, 0.15) is 5.75 Å². The zero-order valence-electron chi connectivity index (χ0n) is 14.4. The van der Waals surface area contributed by atoms with Gasteiger partial charge in [0.2, 0.25) is 5.91 Å². The van der Waals surface area contributed by atoms with Crippen molar-refractivity contribution in [1.82, 2.24) is 5.32 Å². The molecule has 0 radical (unpaired) electrons. The van der Waals surface area contributed by atoms with Crippen LogP contribution in [0, 0.1) is 0 Å². The van der Waals surface area contributed by atoms with Crippen LogP contribution in [-0.2, 0) is 22.6 Å². The Balaban J connectivity index is 1.65. The van der Waals surface area contributed by atoms with Gasteiger partial charge in [-0.3, -0.25) is 9.59 Å². The lowest BCUT2D eigenvalue weighted by Crippen LogP contribution is -2.23. The molecule has 130 valence electrons. The lowest BCUT2D eigenvalue weighted by molar-refractivity contribution is -0.124. The lowest BCUT2D eigenvalue weighted by atomic mass is 10.1. The van der Waals surface area contributed by atoms with E-state index in [0.29, 0.717) is 6.54 Å². The maximum absolute atomic E-state index is 11.8. The van der Waals surface area contributed by atoms with E-state index in [-0.39, 0.29) is 24.5 Å². The molecule has 0 bridgehead atoms. The Kier molecular flexibility index (Phi) is 7.44. The zero-order valence-corrected chi connectivity index (χ0v) is 14.4. The Bertz CT molecular complexity index is 706. The van der Waals surface area contributed by atoms with E-state index in [0.717, 1.165) is 23.3 Å². The predicted octanol–water partition coefficient (Wildman–Crippen LogP) is 3.46. The number of hydrogen-bond donors (Lipinski definition) is 1. The van der Waals surface area contributed by atoms with E-state index in [1.165, 1.54) is 0 Å². The third kappa shape index (κ3) is 7.04. The van der Waals surface area contributed by atoms with Crippen LogP contribution >= 0.6 is 0 Å². The van der Waals surface area contributed by atoms with Crippen molar-refractivity contribution in [2.24, 2.45) is 0 Å². The van der Waals surface area contributed by atoms with E-state index in [1.807, 2.05) is 60.7 Å². The summed E-state index contributed by atoms with van der Waals surface area (Å²) in [5.74, 6) is 0.624. The van der Waals surface area contributed by atoms with Gasteiger partial charge < -0.3 is 10.1 Å². The number of ether oxygens (including phenoxy) is 1. The van der Waals surface area contributed by atoms with Crippen molar-refractivity contribution >= 4 is 11.7 Å². The van der Waals surface area contributed by atoms with Gasteiger partial charge in [-0.2, -0.15) is 0 Å². The largest absolute Gasteiger partial charge is 0.497 e. The summed E-state index contributed by atoms with van der Waals surface area (Å²) in [6, 6.07) is 17.4. The van der Waals surface area contributed by atoms with Gasteiger partial charge >= 0.3 is 0 Å². The number of ketones is 1. The minimum Gasteiger partial charge on any atom is -0.497 e. The van der Waals surface area contributed by atoms with Crippen molar-refractivity contribution in [3.8, 4) is 5.75 Å². The second-order valence-corrected chi connectivity index (χ2v) is 5.68. The van der Waals surface area contributed by atoms with Crippen LogP contribution < -0.4 is 10.1 Å². The fourth-order valence-corrected chi connectivity index (χ4v) is 2.29. The summed E-state index contributed by atoms with van der Waals surface area (Å²) in [5.41, 5.74) is 2.15. The second-order valence-electron chi connectivity index (χ2n) is 5.68. The zero-order chi connectivity index (χ0) is 17.9. The van der Waals surface area contributed by atoms with E-state index in [2.05, 4.69) is 5.32 Å². The minimum absolute atomic E-state index is 0.0319. The first-order valence-electron chi connectivity index (χ1n) is 8.30. The topological polar surface area (TPSA) is 55.4 Å². The Morgan fingerprint density at radius 2 is 1.68 bits per heavy atom. The van der Waals surface area contributed by atoms with Gasteiger partial charge in [0.25, 0.3) is 0 Å². The number of rotatable bonds is 9. The number of carbonyl (C=O) groups is 2. The van der Waals surface area contributed by atoms with E-state index >= 15 is 0 Å². The monoisotopic (exact) mass is 337 g/mol. The van der Waals surface area contributed by atoms with E-state index < -0.39 is 0 Å². The number of hydrogen-bond acceptors (Lipinski definition) is 3. The lowest BCUT2D eigenvalue weighted by Gasteiger charge is -2.05. The summed E-state index contributed by atoms with van der Waals surface area (Å²) in [7, 11) is 1.61. The summed E-state index contributed by atoms with van der Waals surface area (Å²) in [5, 5.41) is 2.82. The first kappa shape index (κ1) is 18.5. The summed E-state index contributed by atoms with van der Waals surface area (Å²) in [6.45, 7) is 0.445. The third-order valence-corrected chi connectivity index (χ3v) is 3.75. The van der Waals surface area contributed by atoms with Crippen molar-refractivity contribution in [3.05, 3.63) is 77.9 Å². The first-order valence-corrected chi connectivity index (χ1v) is 8.30. The predicted molar refractivity (Wildman–Crippen MR) is 98.4 cm³/mol. The summed E-state index contributed by atoms with van der Waals surface area (Å²) < 4.78 is 5.09. The van der Waals surface area contributed by atoms with Crippen molar-refractivity contribution in [2.45, 2.75) is 25.8 Å². The molecular formula is C21H23NO3. The molecule has 0 unspecified atom stereocenters. The molecule has 0 saturated carbocycles. The molecule has 0 spiro atoms. The number of methoxy groups -OCH3 is 1. The van der Waals surface area contributed by atoms with Gasteiger partial charge in [-0.15, -0.1) is 0 Å². The number of carbonyl (C=O) groups excluding carboxylic acids is 2. The fourth-order valence-electron chi connectivity index (χ4n) is 2.29. The molecule has 0 aromatic heterocycles. The highest BCUT2D eigenvalue weighted by molar-refractivity contribution is 5.92. The van der Waals surface area contributed by atoms with E-state index in [9.17, 15) is 9.59 Å². The highest BCUT2D eigenvalue weighted by Gasteiger charge is 2.05. The molecule has 2 rings (SSSR count). The average molecular weight is 337 g/mol. The Morgan fingerprint density at radius 1 is 0.960 bits per heavy atom. The minimum atomic E-state index is -0.124. The highest BCUT2D eigenvalue weighted by Crippen LogP contribution is 2.11. The van der Waals surface area contributed by atoms with Crippen molar-refractivity contribution in [1.29, 1.82) is 0 Å². The van der Waals surface area contributed by atoms with Crippen molar-refractivity contribution < 1.29 is 14.3 Å². The van der Waals surface area contributed by atoms with Crippen molar-refractivity contribution in [2.75, 3.05) is 7.11 Å². The Hall–Kier alpha value is -2.88. The molecular weight excluding hydrogens is 314 g/mol. The van der Waals surface area contributed by atoms with Crippen LogP contribution in [0.3, 0.4) is 0 Å². The van der Waals surface area contributed by atoms with Crippen LogP contribution in [0.25, 0.3) is 0 Å². The van der Waals surface area contributed by atoms with Crippen LogP contribution in [0.2, 0.25) is 0 Å². The molecule has 0 aliphatic rings. The summed E-state index contributed by atoms with van der Waals surface area (Å²) in [4.78, 5) is 23.6. The number of benzene rings is 2. The molecule has 25 heavy (non-hydrogen) atoms. The fraction of sp³-hybridized carbons (Fsp3) is 0.238. The Labute approximate surface area is 148 Å². The molecule has 0 aliphatic carbocycles. The Morgan fingerprint density at radius 3 is 2.36 bits per heavy atom. The van der Waals surface area contributed by atoms with Gasteiger partial charge in [-0.25, -0.2) is 0 Å². The standard InChI is InChI=1S/C21H23NO3/c1-25-20-13-10-18(11-14-20)16-22-21(24)15-12-19(23)9-5-8-17-6-3-2-4-7-17/h2-7,9-11,13-14H,8,12,15-16H2,1H3,(H,22,24)/b9-5+. The second kappa shape index (κ2) is 10.1. The highest BCUT2D eigenvalue weighted by atomic mass is 16.5. The molecule has 0 heterocycles. The van der Waals surface area contributed by atoms with Crippen LogP contribution in [0.1, 0.15) is 24.0 Å². The maximum Gasteiger partial charge on any atom is 0.220 e. The van der Waals surface area contributed by atoms with Crippen LogP contribution in [0.15, 0.2) is 66.7 Å². The van der Waals surface area contributed by atoms with Gasteiger partial charge in [0.05, 0.1) is 7.11 Å². The average Bonchev–Trinajstić information content (AvgIpc) is 2.66. The van der Waals surface area contributed by atoms with E-state index in [1.54, 1.807) is 13.2 Å². The van der Waals surface area contributed by atoms with Gasteiger partial charge in [-0.1, -0.05) is 48.5 Å². The molecule has 0 saturated heterocycles. The normalized spacial score (nSPS) is 10.6. The molecule has 4 heteroatoms. The number of nitrogens with one attached hydrogen (secondary N) is 1. The molecule has 0 aliphatic heterocycles. The van der Waals surface area contributed by atoms with E-state index in [4.69, 9.17) is 4.74 Å². The number of allylic oxidation sites excluding steroid dienone is 2. The smallest absolute Gasteiger partial charge is 0.220 e. The van der Waals surface area contributed by atoms with Gasteiger partial charge in [0.15, 0.2) is 5.78 Å². The molecule has 0 atom stereocenters. The molecule has 4 nitrogen and oxygen atoms in total. The molecule has 2 aromatic rings. The van der Waals surface area contributed by atoms with Gasteiger partial charge in [0, 0.05) is 19.4 Å².